The maximum absolute atomic E-state index is 13.5. The van der Waals surface area contributed by atoms with E-state index in [9.17, 15) is 27.2 Å². The molecule has 0 aliphatic carbocycles. The summed E-state index contributed by atoms with van der Waals surface area (Å²) in [7, 11) is 0. The Morgan fingerprint density at radius 2 is 1.69 bits per heavy atom. The van der Waals surface area contributed by atoms with Crippen molar-refractivity contribution in [2.24, 2.45) is 0 Å². The monoisotopic (exact) mass is 531 g/mol. The summed E-state index contributed by atoms with van der Waals surface area (Å²) in [6.45, 7) is 5.10. The van der Waals surface area contributed by atoms with Crippen molar-refractivity contribution >= 4 is 29.4 Å². The molecule has 2 aromatic carbocycles. The normalized spacial score (nSPS) is 14.3. The van der Waals surface area contributed by atoms with Gasteiger partial charge in [0.1, 0.15) is 12.4 Å². The van der Waals surface area contributed by atoms with Gasteiger partial charge in [-0.05, 0) is 29.7 Å². The number of nitrogens with zero attached hydrogens (tertiary/aromatic N) is 2. The predicted octanol–water partition coefficient (Wildman–Crippen LogP) is 3.79. The molecule has 7 nitrogen and oxygen atoms in total. The number of carboxylic acids is 1. The molecule has 0 bridgehead atoms. The van der Waals surface area contributed by atoms with Crippen molar-refractivity contribution in [2.75, 3.05) is 39.3 Å². The molecule has 1 aliphatic heterocycles. The maximum Gasteiger partial charge on any atom is 0.490 e. The number of rotatable bonds is 6. The zero-order valence-electron chi connectivity index (χ0n) is 19.4. The van der Waals surface area contributed by atoms with Crippen LogP contribution in [0.4, 0.5) is 17.6 Å². The van der Waals surface area contributed by atoms with Gasteiger partial charge in [-0.25, -0.2) is 9.18 Å². The van der Waals surface area contributed by atoms with E-state index < -0.39 is 18.0 Å². The summed E-state index contributed by atoms with van der Waals surface area (Å²) in [4.78, 5) is 38.2. The van der Waals surface area contributed by atoms with Crippen molar-refractivity contribution in [1.82, 2.24) is 15.1 Å². The molecule has 1 fully saturated rings. The van der Waals surface area contributed by atoms with Crippen LogP contribution in [0.1, 0.15) is 28.8 Å². The molecule has 0 aromatic heterocycles. The number of hydrogen-bond acceptors (Lipinski definition) is 4. The third-order valence-corrected chi connectivity index (χ3v) is 5.64. The third-order valence-electron chi connectivity index (χ3n) is 5.35. The highest BCUT2D eigenvalue weighted by Crippen LogP contribution is 2.21. The van der Waals surface area contributed by atoms with Crippen LogP contribution in [-0.4, -0.2) is 78.1 Å². The molecule has 12 heteroatoms. The van der Waals surface area contributed by atoms with Crippen LogP contribution in [0.15, 0.2) is 48.5 Å². The zero-order valence-corrected chi connectivity index (χ0v) is 20.2. The predicted molar refractivity (Wildman–Crippen MR) is 125 cm³/mol. The molecule has 0 saturated carbocycles. The third kappa shape index (κ3) is 8.80. The number of nitrogens with one attached hydrogen (secondary N) is 1. The number of hydrogen-bond donors (Lipinski definition) is 2. The topological polar surface area (TPSA) is 90.0 Å². The van der Waals surface area contributed by atoms with Gasteiger partial charge in [0, 0.05) is 38.3 Å². The summed E-state index contributed by atoms with van der Waals surface area (Å²) in [5, 5.41) is 10.2. The Kier molecular flexibility index (Phi) is 10.7. The van der Waals surface area contributed by atoms with Gasteiger partial charge in [0.25, 0.3) is 5.91 Å². The number of piperazine rings is 1. The Hall–Kier alpha value is -3.18. The van der Waals surface area contributed by atoms with Crippen LogP contribution < -0.4 is 5.32 Å². The van der Waals surface area contributed by atoms with E-state index in [4.69, 9.17) is 21.5 Å². The van der Waals surface area contributed by atoms with Gasteiger partial charge in [-0.1, -0.05) is 48.9 Å². The van der Waals surface area contributed by atoms with E-state index in [-0.39, 0.29) is 34.9 Å². The molecule has 1 aliphatic rings. The molecule has 2 amide bonds. The number of alkyl halides is 3. The Morgan fingerprint density at radius 3 is 2.22 bits per heavy atom. The van der Waals surface area contributed by atoms with Crippen LogP contribution >= 0.6 is 11.6 Å². The lowest BCUT2D eigenvalue weighted by Gasteiger charge is -2.31. The van der Waals surface area contributed by atoms with Gasteiger partial charge in [-0.3, -0.25) is 9.59 Å². The lowest BCUT2D eigenvalue weighted by atomic mass is 10.0. The van der Waals surface area contributed by atoms with E-state index in [1.54, 1.807) is 4.90 Å². The molecular weight excluding hydrogens is 506 g/mol. The van der Waals surface area contributed by atoms with Crippen molar-refractivity contribution in [3.63, 3.8) is 0 Å². The second kappa shape index (κ2) is 13.2. The van der Waals surface area contributed by atoms with Crippen molar-refractivity contribution in [3.8, 4) is 0 Å². The Balaban J connectivity index is 0.000000572. The van der Waals surface area contributed by atoms with Gasteiger partial charge in [0.15, 0.2) is 0 Å². The van der Waals surface area contributed by atoms with E-state index in [0.717, 1.165) is 18.7 Å². The molecule has 2 N–H and O–H groups in total. The summed E-state index contributed by atoms with van der Waals surface area (Å²) in [6.07, 6.45) is -5.08. The van der Waals surface area contributed by atoms with E-state index in [2.05, 4.69) is 5.32 Å². The van der Waals surface area contributed by atoms with Crippen LogP contribution in [0, 0.1) is 5.82 Å². The number of aliphatic carboxylic acids is 1. The maximum atomic E-state index is 13.5. The quantitative estimate of drug-likeness (QED) is 0.554. The number of carbonyl (C=O) groups excluding carboxylic acids is 2. The van der Waals surface area contributed by atoms with Crippen molar-refractivity contribution < 1.29 is 37.1 Å². The van der Waals surface area contributed by atoms with Crippen molar-refractivity contribution in [3.05, 3.63) is 70.5 Å². The summed E-state index contributed by atoms with van der Waals surface area (Å²) < 4.78 is 45.3. The van der Waals surface area contributed by atoms with Crippen LogP contribution in [0.5, 0.6) is 0 Å². The zero-order chi connectivity index (χ0) is 26.9. The largest absolute Gasteiger partial charge is 0.490 e. The minimum absolute atomic E-state index is 0.0228. The number of halogens is 5. The summed E-state index contributed by atoms with van der Waals surface area (Å²) in [5.41, 5.74) is 1.35. The smallest absolute Gasteiger partial charge is 0.475 e. The first-order valence-electron chi connectivity index (χ1n) is 11.0. The summed E-state index contributed by atoms with van der Waals surface area (Å²) in [5.74, 6) is -3.73. The van der Waals surface area contributed by atoms with Crippen molar-refractivity contribution in [1.29, 1.82) is 0 Å². The van der Waals surface area contributed by atoms with Gasteiger partial charge >= 0.3 is 12.1 Å². The first-order chi connectivity index (χ1) is 16.9. The molecule has 1 atom stereocenters. The average molecular weight is 532 g/mol. The highest BCUT2D eigenvalue weighted by atomic mass is 35.5. The van der Waals surface area contributed by atoms with Crippen LogP contribution in [0.2, 0.25) is 5.02 Å². The molecule has 1 heterocycles. The highest BCUT2D eigenvalue weighted by molar-refractivity contribution is 6.31. The van der Waals surface area contributed by atoms with E-state index in [1.807, 2.05) is 37.3 Å². The van der Waals surface area contributed by atoms with Gasteiger partial charge in [0.2, 0.25) is 5.91 Å². The van der Waals surface area contributed by atoms with Crippen LogP contribution in [0.25, 0.3) is 0 Å². The average Bonchev–Trinajstić information content (AvgIpc) is 2.85. The fourth-order valence-electron chi connectivity index (χ4n) is 3.43. The van der Waals surface area contributed by atoms with E-state index in [1.165, 1.54) is 23.1 Å². The molecule has 196 valence electrons. The van der Waals surface area contributed by atoms with Gasteiger partial charge in [-0.2, -0.15) is 13.2 Å². The fraction of sp³-hybridized carbons (Fsp3) is 0.375. The van der Waals surface area contributed by atoms with Crippen LogP contribution in [0.3, 0.4) is 0 Å². The van der Waals surface area contributed by atoms with Crippen molar-refractivity contribution in [2.45, 2.75) is 19.0 Å². The lowest BCUT2D eigenvalue weighted by Crippen LogP contribution is -2.50. The molecule has 0 spiro atoms. The summed E-state index contributed by atoms with van der Waals surface area (Å²) in [6, 6.07) is 13.7. The SMILES string of the molecule is CC(CN(CC(=O)N1CCNCC1)C(=O)c1ccc(F)c(Cl)c1)c1ccccc1.O=C(O)C(F)(F)F. The molecule has 2 aromatic rings. The summed E-state index contributed by atoms with van der Waals surface area (Å²) >= 11 is 5.86. The Labute approximate surface area is 210 Å². The first-order valence-corrected chi connectivity index (χ1v) is 11.4. The van der Waals surface area contributed by atoms with E-state index >= 15 is 0 Å². The van der Waals surface area contributed by atoms with E-state index in [0.29, 0.717) is 19.6 Å². The molecular formula is C24H26ClF4N3O4. The van der Waals surface area contributed by atoms with Crippen LogP contribution in [-0.2, 0) is 9.59 Å². The second-order valence-corrected chi connectivity index (χ2v) is 8.47. The van der Waals surface area contributed by atoms with Gasteiger partial charge in [0.05, 0.1) is 5.02 Å². The second-order valence-electron chi connectivity index (χ2n) is 8.06. The minimum atomic E-state index is -5.08. The highest BCUT2D eigenvalue weighted by Gasteiger charge is 2.38. The minimum Gasteiger partial charge on any atom is -0.475 e. The standard InChI is InChI=1S/C22H25ClFN3O2.C2HF3O2/c1-16(17-5-3-2-4-6-17)14-27(15-21(28)26-11-9-25-10-12-26)22(29)18-7-8-20(24)19(23)13-18;3-2(4,5)1(6)7/h2-8,13,16,25H,9-12,14-15H2,1H3;(H,6,7). The fourth-order valence-corrected chi connectivity index (χ4v) is 3.61. The molecule has 3 rings (SSSR count). The Bertz CT molecular complexity index is 1050. The number of carboxylic acid groups (broad SMARTS) is 1. The molecule has 0 radical (unpaired) electrons. The van der Waals surface area contributed by atoms with Gasteiger partial charge in [-0.15, -0.1) is 0 Å². The van der Waals surface area contributed by atoms with Gasteiger partial charge < -0.3 is 20.2 Å². The number of carbonyl (C=O) groups is 3. The molecule has 36 heavy (non-hydrogen) atoms. The molecule has 1 saturated heterocycles. The number of benzene rings is 2. The molecule has 1 unspecified atom stereocenters. The lowest BCUT2D eigenvalue weighted by molar-refractivity contribution is -0.192. The number of amides is 2. The Morgan fingerprint density at radius 1 is 1.11 bits per heavy atom. The first kappa shape index (κ1) is 29.1.